The van der Waals surface area contributed by atoms with Crippen molar-refractivity contribution < 1.29 is 19.2 Å². The Bertz CT molecular complexity index is 1310. The van der Waals surface area contributed by atoms with Crippen LogP contribution in [0, 0.1) is 10.1 Å². The molecule has 0 fully saturated rings. The van der Waals surface area contributed by atoms with Crippen molar-refractivity contribution in [3.05, 3.63) is 102 Å². The number of hydrogen-bond acceptors (Lipinski definition) is 5. The molecule has 11 heteroatoms. The third-order valence-electron chi connectivity index (χ3n) is 4.48. The molecule has 0 aliphatic rings. The molecule has 0 saturated carbocycles. The lowest BCUT2D eigenvalue weighted by Crippen LogP contribution is -2.31. The van der Waals surface area contributed by atoms with E-state index in [1.165, 1.54) is 55.7 Å². The average molecular weight is 565 g/mol. The predicted octanol–water partition coefficient (Wildman–Crippen LogP) is 6.08. The number of halogens is 3. The highest BCUT2D eigenvalue weighted by Crippen LogP contribution is 2.26. The largest absolute Gasteiger partial charge is 0.497 e. The number of rotatable bonds is 7. The molecular weight excluding hydrogens is 549 g/mol. The second kappa shape index (κ2) is 11.1. The Hall–Kier alpha value is -3.40. The topological polar surface area (TPSA) is 111 Å². The maximum absolute atomic E-state index is 13.1. The number of hydrogen-bond donors (Lipinski definition) is 2. The first-order valence-electron chi connectivity index (χ1n) is 9.55. The van der Waals surface area contributed by atoms with Gasteiger partial charge in [-0.2, -0.15) is 0 Å². The zero-order valence-corrected chi connectivity index (χ0v) is 20.6. The quantitative estimate of drug-likeness (QED) is 0.205. The van der Waals surface area contributed by atoms with Gasteiger partial charge in [0.05, 0.1) is 27.6 Å². The monoisotopic (exact) mass is 563 g/mol. The molecule has 0 saturated heterocycles. The van der Waals surface area contributed by atoms with E-state index in [0.29, 0.717) is 26.5 Å². The van der Waals surface area contributed by atoms with E-state index >= 15 is 0 Å². The number of nitro benzene ring substituents is 1. The molecule has 2 N–H and O–H groups in total. The predicted molar refractivity (Wildman–Crippen MR) is 134 cm³/mol. The highest BCUT2D eigenvalue weighted by atomic mass is 79.9. The van der Waals surface area contributed by atoms with Gasteiger partial charge >= 0.3 is 0 Å². The van der Waals surface area contributed by atoms with Gasteiger partial charge in [-0.15, -0.1) is 0 Å². The van der Waals surface area contributed by atoms with E-state index in [1.807, 2.05) is 0 Å². The second-order valence-corrected chi connectivity index (χ2v) is 8.46. The van der Waals surface area contributed by atoms with Crippen LogP contribution in [-0.2, 0) is 4.79 Å². The molecule has 174 valence electrons. The van der Waals surface area contributed by atoms with Gasteiger partial charge in [-0.3, -0.25) is 19.7 Å². The fraction of sp³-hybridized carbons (Fsp3) is 0.0435. The molecule has 0 aromatic heterocycles. The van der Waals surface area contributed by atoms with Crippen LogP contribution in [0.2, 0.25) is 10.0 Å². The number of amides is 2. The highest BCUT2D eigenvalue weighted by Gasteiger charge is 2.18. The van der Waals surface area contributed by atoms with Gasteiger partial charge in [0, 0.05) is 22.3 Å². The van der Waals surface area contributed by atoms with Crippen molar-refractivity contribution in [2.45, 2.75) is 0 Å². The summed E-state index contributed by atoms with van der Waals surface area (Å²) in [6.45, 7) is 0. The van der Waals surface area contributed by atoms with Crippen molar-refractivity contribution in [1.29, 1.82) is 0 Å². The summed E-state index contributed by atoms with van der Waals surface area (Å²) in [6, 6.07) is 14.9. The second-order valence-electron chi connectivity index (χ2n) is 6.79. The minimum absolute atomic E-state index is 0.161. The van der Waals surface area contributed by atoms with Crippen LogP contribution in [0.1, 0.15) is 15.9 Å². The number of nitrogens with one attached hydrogen (secondary N) is 2. The normalized spacial score (nSPS) is 11.0. The van der Waals surface area contributed by atoms with Gasteiger partial charge in [-0.25, -0.2) is 0 Å². The number of carbonyl (C=O) groups is 2. The van der Waals surface area contributed by atoms with Crippen molar-refractivity contribution in [2.75, 3.05) is 12.4 Å². The van der Waals surface area contributed by atoms with E-state index in [9.17, 15) is 19.7 Å². The Morgan fingerprint density at radius 1 is 1.06 bits per heavy atom. The van der Waals surface area contributed by atoms with Gasteiger partial charge in [0.1, 0.15) is 11.4 Å². The summed E-state index contributed by atoms with van der Waals surface area (Å²) in [4.78, 5) is 36.6. The summed E-state index contributed by atoms with van der Waals surface area (Å²) in [5.41, 5.74) is 0.553. The Morgan fingerprint density at radius 2 is 1.82 bits per heavy atom. The van der Waals surface area contributed by atoms with Crippen molar-refractivity contribution in [3.8, 4) is 5.75 Å². The molecule has 2 amide bonds. The lowest BCUT2D eigenvalue weighted by molar-refractivity contribution is -0.384. The SMILES string of the molecule is COc1ccc(Br)c(C(=O)N/C(=C/c2cccc([N+](=O)[O-])c2)C(=O)Nc2ccc(Cl)c(Cl)c2)c1. The number of nitro groups is 1. The highest BCUT2D eigenvalue weighted by molar-refractivity contribution is 9.10. The number of ether oxygens (including phenoxy) is 1. The Balaban J connectivity index is 1.98. The zero-order valence-electron chi connectivity index (χ0n) is 17.5. The molecule has 3 rings (SSSR count). The van der Waals surface area contributed by atoms with Gasteiger partial charge in [-0.05, 0) is 64.0 Å². The number of non-ortho nitro benzene ring substituents is 1. The van der Waals surface area contributed by atoms with E-state index in [1.54, 1.807) is 18.2 Å². The van der Waals surface area contributed by atoms with Crippen molar-refractivity contribution in [1.82, 2.24) is 5.32 Å². The zero-order chi connectivity index (χ0) is 24.8. The molecule has 0 atom stereocenters. The molecule has 0 radical (unpaired) electrons. The fourth-order valence-corrected chi connectivity index (χ4v) is 3.55. The number of carbonyl (C=O) groups excluding carboxylic acids is 2. The summed E-state index contributed by atoms with van der Waals surface area (Å²) in [6.07, 6.45) is 1.33. The van der Waals surface area contributed by atoms with Crippen LogP contribution in [0.4, 0.5) is 11.4 Å². The van der Waals surface area contributed by atoms with E-state index < -0.39 is 16.7 Å². The maximum Gasteiger partial charge on any atom is 0.272 e. The smallest absolute Gasteiger partial charge is 0.272 e. The third-order valence-corrected chi connectivity index (χ3v) is 5.91. The standard InChI is InChI=1S/C23H16BrCl2N3O5/c1-34-16-6-7-18(24)17(12-16)22(30)28-21(10-13-3-2-4-15(9-13)29(32)33)23(31)27-14-5-8-19(25)20(26)11-14/h2-12H,1H3,(H,27,31)(H,28,30)/b21-10+. The maximum atomic E-state index is 13.1. The number of anilines is 1. The van der Waals surface area contributed by atoms with Crippen LogP contribution in [0.5, 0.6) is 5.75 Å². The minimum atomic E-state index is -0.683. The minimum Gasteiger partial charge on any atom is -0.497 e. The molecule has 0 heterocycles. The summed E-state index contributed by atoms with van der Waals surface area (Å²) in [5, 5.41) is 16.9. The van der Waals surface area contributed by atoms with Gasteiger partial charge in [-0.1, -0.05) is 35.3 Å². The third kappa shape index (κ3) is 6.34. The average Bonchev–Trinajstić information content (AvgIpc) is 2.81. The van der Waals surface area contributed by atoms with Crippen molar-refractivity contribution >= 4 is 68.4 Å². The van der Waals surface area contributed by atoms with Gasteiger partial charge < -0.3 is 15.4 Å². The van der Waals surface area contributed by atoms with E-state index in [2.05, 4.69) is 26.6 Å². The van der Waals surface area contributed by atoms with Crippen LogP contribution < -0.4 is 15.4 Å². The molecule has 0 bridgehead atoms. The number of nitrogens with zero attached hydrogens (tertiary/aromatic N) is 1. The van der Waals surface area contributed by atoms with Gasteiger partial charge in [0.2, 0.25) is 0 Å². The number of benzene rings is 3. The lowest BCUT2D eigenvalue weighted by Gasteiger charge is -2.13. The van der Waals surface area contributed by atoms with Crippen LogP contribution in [0.3, 0.4) is 0 Å². The Labute approximate surface area is 212 Å². The first kappa shape index (κ1) is 25.2. The molecule has 0 spiro atoms. The van der Waals surface area contributed by atoms with E-state index in [4.69, 9.17) is 27.9 Å². The Morgan fingerprint density at radius 3 is 2.50 bits per heavy atom. The summed E-state index contributed by atoms with van der Waals surface area (Å²) in [7, 11) is 1.46. The molecule has 34 heavy (non-hydrogen) atoms. The van der Waals surface area contributed by atoms with Crippen LogP contribution in [0.15, 0.2) is 70.8 Å². The fourth-order valence-electron chi connectivity index (χ4n) is 2.82. The van der Waals surface area contributed by atoms with Crippen LogP contribution >= 0.6 is 39.1 Å². The molecule has 0 aliphatic heterocycles. The van der Waals surface area contributed by atoms with Crippen LogP contribution in [0.25, 0.3) is 6.08 Å². The van der Waals surface area contributed by atoms with E-state index in [-0.39, 0.29) is 22.0 Å². The van der Waals surface area contributed by atoms with Crippen LogP contribution in [-0.4, -0.2) is 23.8 Å². The molecule has 3 aromatic carbocycles. The first-order chi connectivity index (χ1) is 16.2. The molecule has 3 aromatic rings. The van der Waals surface area contributed by atoms with E-state index in [0.717, 1.165) is 0 Å². The summed E-state index contributed by atoms with van der Waals surface area (Å²) < 4.78 is 5.64. The first-order valence-corrected chi connectivity index (χ1v) is 11.1. The van der Waals surface area contributed by atoms with Gasteiger partial charge in [0.15, 0.2) is 0 Å². The summed E-state index contributed by atoms with van der Waals surface area (Å²) in [5.74, 6) is -0.846. The molecule has 0 unspecified atom stereocenters. The summed E-state index contributed by atoms with van der Waals surface area (Å²) >= 11 is 15.2. The van der Waals surface area contributed by atoms with Crippen molar-refractivity contribution in [3.63, 3.8) is 0 Å². The Kier molecular flexibility index (Phi) is 8.27. The number of methoxy groups -OCH3 is 1. The van der Waals surface area contributed by atoms with Crippen molar-refractivity contribution in [2.24, 2.45) is 0 Å². The lowest BCUT2D eigenvalue weighted by atomic mass is 10.1. The molecular formula is C23H16BrCl2N3O5. The molecule has 8 nitrogen and oxygen atoms in total. The molecule has 0 aliphatic carbocycles. The van der Waals surface area contributed by atoms with Gasteiger partial charge in [0.25, 0.3) is 17.5 Å².